The molecule has 4 aliphatic heterocycles. The molecule has 18 rings (SSSR count). The molecular weight excluding hydrogens is 1710 g/mol. The first-order chi connectivity index (χ1) is 64.0. The summed E-state index contributed by atoms with van der Waals surface area (Å²) in [6.07, 6.45) is 18.3. The second-order valence-corrected chi connectivity index (χ2v) is 41.2. The molecule has 0 bridgehead atoms. The fourth-order valence-electron chi connectivity index (χ4n) is 20.1. The number of benzene rings is 7. The number of rotatable bonds is 25. The maximum Gasteiger partial charge on any atom is 0.358 e. The Morgan fingerprint density at radius 3 is 1.53 bits per heavy atom. The van der Waals surface area contributed by atoms with Crippen LogP contribution in [0.2, 0.25) is 0 Å². The number of aryl methyl sites for hydroxylation is 1. The Kier molecular flexibility index (Phi) is 27.8. The summed E-state index contributed by atoms with van der Waals surface area (Å²) in [5, 5.41) is 15.4. The van der Waals surface area contributed by atoms with E-state index in [1.165, 1.54) is 41.9 Å². The van der Waals surface area contributed by atoms with E-state index in [1.54, 1.807) is 0 Å². The van der Waals surface area contributed by atoms with Crippen molar-refractivity contribution in [2.45, 2.75) is 233 Å². The molecule has 12 aromatic rings. The number of imide groups is 1. The van der Waals surface area contributed by atoms with Crippen molar-refractivity contribution in [3.8, 4) is 33.8 Å². The number of thiazole rings is 2. The average Bonchev–Trinajstić information content (AvgIpc) is 1.19. The Bertz CT molecular complexity index is 6300. The molecule has 1 unspecified atom stereocenters. The van der Waals surface area contributed by atoms with Crippen molar-refractivity contribution < 1.29 is 52.5 Å². The second kappa shape index (κ2) is 39.9. The number of carbonyl (C=O) groups excluding carboxylic acids is 7. The van der Waals surface area contributed by atoms with Crippen LogP contribution in [0.3, 0.4) is 0 Å². The molecule has 9 heterocycles. The molecule has 1 atom stereocenters. The summed E-state index contributed by atoms with van der Waals surface area (Å²) in [7, 11) is 1.93. The van der Waals surface area contributed by atoms with E-state index in [9.17, 15) is 33.6 Å². The van der Waals surface area contributed by atoms with E-state index in [0.717, 1.165) is 208 Å². The molecule has 2 aliphatic carbocycles. The molecule has 2 saturated carbocycles. The quantitative estimate of drug-likeness (QED) is 0.0207. The second-order valence-electron chi connectivity index (χ2n) is 39.2. The lowest BCUT2D eigenvalue weighted by molar-refractivity contribution is -0.134. The number of aromatic nitrogens is 6. The Morgan fingerprint density at radius 2 is 1.05 bits per heavy atom. The molecule has 6 aliphatic rings. The summed E-state index contributed by atoms with van der Waals surface area (Å²) in [5.41, 5.74) is 13.9. The van der Waals surface area contributed by atoms with Crippen molar-refractivity contribution in [3.63, 3.8) is 0 Å². The number of piperidine rings is 1. The maximum atomic E-state index is 14.2. The number of carbonyl (C=O) groups is 7. The number of piperazine rings is 1. The topological polar surface area (TPSA) is 275 Å². The van der Waals surface area contributed by atoms with Crippen LogP contribution in [0, 0.1) is 25.7 Å². The van der Waals surface area contributed by atoms with Gasteiger partial charge in [-0.15, -0.1) is 0 Å². The number of anilines is 5. The molecule has 5 aromatic heterocycles. The number of ether oxygens (including phenoxy) is 4. The lowest BCUT2D eigenvalue weighted by Gasteiger charge is -2.48. The van der Waals surface area contributed by atoms with Gasteiger partial charge in [-0.25, -0.2) is 29.5 Å². The first-order valence-electron chi connectivity index (χ1n) is 47.3. The van der Waals surface area contributed by atoms with E-state index in [1.807, 2.05) is 194 Å². The van der Waals surface area contributed by atoms with E-state index in [2.05, 4.69) is 96.6 Å². The molecule has 692 valence electrons. The number of pyridine rings is 2. The van der Waals surface area contributed by atoms with Crippen LogP contribution in [0.25, 0.3) is 53.6 Å². The van der Waals surface area contributed by atoms with Gasteiger partial charge in [-0.1, -0.05) is 115 Å². The maximum absolute atomic E-state index is 14.2. The lowest BCUT2D eigenvalue weighted by atomic mass is 9.84. The zero-order valence-electron chi connectivity index (χ0n) is 78.2. The van der Waals surface area contributed by atoms with Gasteiger partial charge in [-0.3, -0.25) is 44.7 Å². The normalized spacial score (nSPS) is 18.7. The van der Waals surface area contributed by atoms with E-state index >= 15 is 0 Å². The summed E-state index contributed by atoms with van der Waals surface area (Å²) in [6, 6.07) is 53.8. The number of nitrogens with one attached hydrogen (secondary N) is 3. The van der Waals surface area contributed by atoms with Gasteiger partial charge in [0.15, 0.2) is 21.7 Å². The van der Waals surface area contributed by atoms with Crippen LogP contribution < -0.4 is 40.1 Å². The SMILES string of the molecule is Cc1c(OC2CCC(CCCC=O)CC2)cccc1-c1ccc(N2CCc3cccc(C(=O)Nc4nc5ccccc5s4)c3C2)nc1C(=O)OC(C)(C)C.Cc1c(OC2CCC(CCCCN3CCN(c4ccc5c(C6CCC(=O)NC6=O)nn(C)c5c4)C(C)(C)C3)CC2)cccc1-c1ccc(N2CCc3cccc(C(=O)Nc4nc5ccccc5s4)c3C2)nc1C(=O)OC(C)(C)C. The number of hydrogen-bond acceptors (Lipinski definition) is 22. The third-order valence-corrected chi connectivity index (χ3v) is 28.9. The zero-order chi connectivity index (χ0) is 93.0. The fourth-order valence-corrected chi connectivity index (χ4v) is 21.9. The van der Waals surface area contributed by atoms with Crippen LogP contribution in [0.15, 0.2) is 164 Å². The summed E-state index contributed by atoms with van der Waals surface area (Å²) < 4.78 is 29.2. The smallest absolute Gasteiger partial charge is 0.358 e. The number of amides is 4. The number of nitrogens with zero attached hydrogens (tertiary/aromatic N) is 10. The van der Waals surface area contributed by atoms with Crippen molar-refractivity contribution in [1.29, 1.82) is 0 Å². The van der Waals surface area contributed by atoms with Crippen LogP contribution in [-0.4, -0.2) is 145 Å². The fraction of sp³-hybridized carbons (Fsp3) is 0.421. The van der Waals surface area contributed by atoms with E-state index < -0.39 is 29.1 Å². The van der Waals surface area contributed by atoms with Crippen LogP contribution in [0.5, 0.6) is 11.5 Å². The Hall–Kier alpha value is -12.3. The number of esters is 2. The van der Waals surface area contributed by atoms with E-state index in [4.69, 9.17) is 34.0 Å². The van der Waals surface area contributed by atoms with Crippen LogP contribution in [0.4, 0.5) is 27.6 Å². The van der Waals surface area contributed by atoms with Crippen LogP contribution in [0.1, 0.15) is 245 Å². The number of fused-ring (bicyclic) bond motifs is 5. The van der Waals surface area contributed by atoms with Gasteiger partial charge in [0.2, 0.25) is 11.8 Å². The van der Waals surface area contributed by atoms with Gasteiger partial charge in [0.05, 0.1) is 49.8 Å². The third-order valence-electron chi connectivity index (χ3n) is 27.0. The van der Waals surface area contributed by atoms with Crippen LogP contribution >= 0.6 is 22.7 Å². The molecule has 4 amide bonds. The first kappa shape index (κ1) is 92.6. The number of hydrogen-bond donors (Lipinski definition) is 3. The molecule has 0 radical (unpaired) electrons. The molecule has 2 saturated heterocycles. The number of aldehydes is 1. The van der Waals surface area contributed by atoms with E-state index in [0.29, 0.717) is 101 Å². The van der Waals surface area contributed by atoms with Gasteiger partial charge in [-0.2, -0.15) is 5.10 Å². The molecule has 24 nitrogen and oxygen atoms in total. The number of para-hydroxylation sites is 2. The number of unbranched alkanes of at least 4 members (excludes halogenated alkanes) is 2. The predicted octanol–water partition coefficient (Wildman–Crippen LogP) is 21.3. The molecule has 7 aromatic carbocycles. The summed E-state index contributed by atoms with van der Waals surface area (Å²) in [5.74, 6) is 1.97. The molecule has 4 fully saturated rings. The Morgan fingerprint density at radius 1 is 0.541 bits per heavy atom. The largest absolute Gasteiger partial charge is 0.490 e. The Balaban J connectivity index is 0.000000199. The first-order valence-corrected chi connectivity index (χ1v) is 49.0. The monoisotopic (exact) mass is 1830 g/mol. The summed E-state index contributed by atoms with van der Waals surface area (Å²) in [4.78, 5) is 120. The molecule has 26 heteroatoms. The minimum Gasteiger partial charge on any atom is -0.490 e. The minimum atomic E-state index is -0.732. The van der Waals surface area contributed by atoms with Gasteiger partial charge in [0.1, 0.15) is 40.6 Å². The highest BCUT2D eigenvalue weighted by atomic mass is 32.1. The molecule has 3 N–H and O–H groups in total. The van der Waals surface area contributed by atoms with Crippen LogP contribution in [-0.2, 0) is 56.8 Å². The van der Waals surface area contributed by atoms with Gasteiger partial charge in [0, 0.05) is 105 Å². The third kappa shape index (κ3) is 21.5. The van der Waals surface area contributed by atoms with Gasteiger partial charge < -0.3 is 38.4 Å². The van der Waals surface area contributed by atoms with Gasteiger partial charge in [-0.05, 0) is 307 Å². The minimum absolute atomic E-state index is 0.0652. The highest BCUT2D eigenvalue weighted by Gasteiger charge is 2.38. The molecule has 133 heavy (non-hydrogen) atoms. The highest BCUT2D eigenvalue weighted by molar-refractivity contribution is 7.22. The van der Waals surface area contributed by atoms with Crippen molar-refractivity contribution in [2.24, 2.45) is 18.9 Å². The summed E-state index contributed by atoms with van der Waals surface area (Å²) >= 11 is 2.91. The standard InChI is InChI=1S/C63H73N9O6S.C44H48N4O5S/c1-39-44(45-27-29-54(65-57(45)60(76)78-62(2,3)4)71-33-31-41-15-12-17-46(49(41)37-71)58(74)67-61-64-50-18-8-9-20-53(50)79-61)16-13-19-52(39)77-43-24-21-40(22-25-43)14-10-11-32-70-34-35-72(63(5,6)38-70)42-23-26-47-51(36-42)69(7)68-56(47)48-28-30-55(73)66-59(48)75;1-28-32(13-10-16-37(28)52-31-20-18-29(19-21-31)11-7-8-26-49)33-22-23-39(46-40(33)42(51)53-44(2,3)4)48-25-24-30-12-9-14-34(35(30)27-48)41(50)47-43-45-36-15-5-6-17-38(36)54-43/h8-9,12-13,15-20,23,26-27,29,36,40,43,48H,10-11,14,21-22,24-25,28,30-35,37-38H2,1-7H3,(H,64,67,74)(H,66,73,75);5-6,9-10,12-17,22-23,26,29,31H,7-8,11,18-21,24-25,27H2,1-4H3,(H,45,47,50). The molecule has 0 spiro atoms. The Labute approximate surface area is 786 Å². The van der Waals surface area contributed by atoms with Crippen molar-refractivity contribution >= 4 is 123 Å². The van der Waals surface area contributed by atoms with Crippen molar-refractivity contribution in [1.82, 2.24) is 39.9 Å². The van der Waals surface area contributed by atoms with Gasteiger partial charge in [0.25, 0.3) is 11.8 Å². The lowest BCUT2D eigenvalue weighted by Crippen LogP contribution is -2.59. The van der Waals surface area contributed by atoms with E-state index in [-0.39, 0.29) is 52.8 Å². The van der Waals surface area contributed by atoms with Crippen molar-refractivity contribution in [2.75, 3.05) is 64.6 Å². The average molecular weight is 1830 g/mol. The molecular formula is C107H121N13O11S2. The predicted molar refractivity (Wildman–Crippen MR) is 527 cm³/mol. The highest BCUT2D eigenvalue weighted by Crippen LogP contribution is 2.44. The zero-order valence-corrected chi connectivity index (χ0v) is 79.8. The summed E-state index contributed by atoms with van der Waals surface area (Å²) in [6.45, 7) is 26.2. The van der Waals surface area contributed by atoms with Crippen molar-refractivity contribution in [3.05, 3.63) is 225 Å². The van der Waals surface area contributed by atoms with Gasteiger partial charge >= 0.3 is 11.9 Å².